The van der Waals surface area contributed by atoms with Crippen molar-refractivity contribution in [3.05, 3.63) is 30.7 Å². The van der Waals surface area contributed by atoms with Gasteiger partial charge in [-0.1, -0.05) is 0 Å². The summed E-state index contributed by atoms with van der Waals surface area (Å²) in [5.41, 5.74) is 7.81. The third-order valence-corrected chi connectivity index (χ3v) is 4.30. The summed E-state index contributed by atoms with van der Waals surface area (Å²) in [4.78, 5) is 24.4. The van der Waals surface area contributed by atoms with Crippen molar-refractivity contribution in [2.75, 3.05) is 5.32 Å². The Hall–Kier alpha value is -3.14. The Bertz CT molecular complexity index is 1010. The number of anilines is 1. The van der Waals surface area contributed by atoms with Gasteiger partial charge in [0.1, 0.15) is 11.3 Å². The first-order valence-corrected chi connectivity index (χ1v) is 9.00. The van der Waals surface area contributed by atoms with Gasteiger partial charge < -0.3 is 16.4 Å². The molecule has 27 heavy (non-hydrogen) atoms. The van der Waals surface area contributed by atoms with Crippen molar-refractivity contribution in [2.45, 2.75) is 31.8 Å². The van der Waals surface area contributed by atoms with E-state index in [1.165, 1.54) is 0 Å². The Morgan fingerprint density at radius 3 is 2.93 bits per heavy atom. The van der Waals surface area contributed by atoms with Crippen LogP contribution in [0, 0.1) is 0 Å². The summed E-state index contributed by atoms with van der Waals surface area (Å²) in [5.74, 6) is 0.250. The normalized spacial score (nSPS) is 13.5. The number of pyridine rings is 1. The molecule has 0 atom stereocenters. The van der Waals surface area contributed by atoms with Gasteiger partial charge in [0.15, 0.2) is 10.8 Å². The number of fused-ring (bicyclic) bond motifs is 1. The average molecular weight is 382 g/mol. The van der Waals surface area contributed by atoms with Crippen molar-refractivity contribution in [3.63, 3.8) is 0 Å². The van der Waals surface area contributed by atoms with E-state index in [-0.39, 0.29) is 12.3 Å². The number of nitrogens with two attached hydrogens (primary N) is 1. The van der Waals surface area contributed by atoms with Crippen LogP contribution in [0.25, 0.3) is 22.4 Å². The average Bonchev–Trinajstić information content (AvgIpc) is 3.32. The Balaban J connectivity index is 1.53. The number of thiocarbonyl (C=S) groups is 1. The molecule has 9 nitrogen and oxygen atoms in total. The summed E-state index contributed by atoms with van der Waals surface area (Å²) in [7, 11) is 0. The molecule has 1 amide bonds. The van der Waals surface area contributed by atoms with Gasteiger partial charge in [0.25, 0.3) is 0 Å². The predicted octanol–water partition coefficient (Wildman–Crippen LogP) is 1.21. The maximum Gasteiger partial charge on any atom is 0.219 e. The second-order valence-corrected chi connectivity index (χ2v) is 6.78. The molecular formula is C17H18N8OS. The highest BCUT2D eigenvalue weighted by Gasteiger charge is 2.21. The SMILES string of the molecule is NC(=O)CCn1cc(-c2cnc3ccc(NC(=S)NC4CC4)nc3n2)cn1. The van der Waals surface area contributed by atoms with Crippen LogP contribution in [0.15, 0.2) is 30.7 Å². The maximum absolute atomic E-state index is 10.9. The minimum atomic E-state index is -0.365. The summed E-state index contributed by atoms with van der Waals surface area (Å²) >= 11 is 5.28. The minimum absolute atomic E-state index is 0.232. The van der Waals surface area contributed by atoms with Gasteiger partial charge in [0.05, 0.1) is 18.1 Å². The van der Waals surface area contributed by atoms with Crippen molar-refractivity contribution < 1.29 is 4.79 Å². The maximum atomic E-state index is 10.9. The van der Waals surface area contributed by atoms with E-state index in [2.05, 4.69) is 30.7 Å². The molecule has 0 spiro atoms. The molecule has 4 N–H and O–H groups in total. The Morgan fingerprint density at radius 2 is 2.15 bits per heavy atom. The molecule has 1 fully saturated rings. The van der Waals surface area contributed by atoms with Crippen LogP contribution in [-0.4, -0.2) is 41.8 Å². The number of amides is 1. The fourth-order valence-electron chi connectivity index (χ4n) is 2.51. The van der Waals surface area contributed by atoms with Gasteiger partial charge in [0.2, 0.25) is 5.91 Å². The smallest absolute Gasteiger partial charge is 0.219 e. The number of hydrogen-bond donors (Lipinski definition) is 3. The molecule has 3 aromatic rings. The topological polar surface area (TPSA) is 124 Å². The molecule has 0 saturated heterocycles. The van der Waals surface area contributed by atoms with Gasteiger partial charge in [-0.05, 0) is 37.2 Å². The molecular weight excluding hydrogens is 364 g/mol. The van der Waals surface area contributed by atoms with Crippen LogP contribution in [0.3, 0.4) is 0 Å². The van der Waals surface area contributed by atoms with E-state index in [0.29, 0.717) is 40.4 Å². The first-order valence-electron chi connectivity index (χ1n) is 8.59. The number of primary amides is 1. The molecule has 0 radical (unpaired) electrons. The highest BCUT2D eigenvalue weighted by atomic mass is 32.1. The number of nitrogens with zero attached hydrogens (tertiary/aromatic N) is 5. The highest BCUT2D eigenvalue weighted by molar-refractivity contribution is 7.80. The summed E-state index contributed by atoms with van der Waals surface area (Å²) < 4.78 is 1.65. The van der Waals surface area contributed by atoms with Crippen LogP contribution in [-0.2, 0) is 11.3 Å². The van der Waals surface area contributed by atoms with Gasteiger partial charge in [-0.2, -0.15) is 5.10 Å². The third-order valence-electron chi connectivity index (χ3n) is 4.08. The lowest BCUT2D eigenvalue weighted by Gasteiger charge is -2.09. The first-order chi connectivity index (χ1) is 13.1. The molecule has 1 aliphatic rings. The summed E-state index contributed by atoms with van der Waals surface area (Å²) in [5, 5.41) is 11.1. The number of aromatic nitrogens is 5. The second kappa shape index (κ2) is 7.23. The molecule has 138 valence electrons. The largest absolute Gasteiger partial charge is 0.370 e. The van der Waals surface area contributed by atoms with E-state index in [1.54, 1.807) is 23.3 Å². The van der Waals surface area contributed by atoms with E-state index in [0.717, 1.165) is 18.4 Å². The number of aryl methyl sites for hydroxylation is 1. The molecule has 0 unspecified atom stereocenters. The first kappa shape index (κ1) is 17.3. The van der Waals surface area contributed by atoms with Crippen LogP contribution < -0.4 is 16.4 Å². The second-order valence-electron chi connectivity index (χ2n) is 6.38. The number of carbonyl (C=O) groups excluding carboxylic acids is 1. The molecule has 0 aliphatic heterocycles. The van der Waals surface area contributed by atoms with E-state index in [9.17, 15) is 4.79 Å². The zero-order valence-corrected chi connectivity index (χ0v) is 15.2. The lowest BCUT2D eigenvalue weighted by molar-refractivity contribution is -0.118. The number of rotatable bonds is 6. The van der Waals surface area contributed by atoms with Crippen molar-refractivity contribution in [3.8, 4) is 11.3 Å². The zero-order chi connectivity index (χ0) is 18.8. The lowest BCUT2D eigenvalue weighted by atomic mass is 10.2. The van der Waals surface area contributed by atoms with Gasteiger partial charge in [0, 0.05) is 30.8 Å². The van der Waals surface area contributed by atoms with E-state index >= 15 is 0 Å². The lowest BCUT2D eigenvalue weighted by Crippen LogP contribution is -2.30. The summed E-state index contributed by atoms with van der Waals surface area (Å²) in [6.07, 6.45) is 7.68. The van der Waals surface area contributed by atoms with Gasteiger partial charge in [-0.25, -0.2) is 9.97 Å². The predicted molar refractivity (Wildman–Crippen MR) is 105 cm³/mol. The van der Waals surface area contributed by atoms with Crippen LogP contribution >= 0.6 is 12.2 Å². The van der Waals surface area contributed by atoms with E-state index in [1.807, 2.05) is 12.1 Å². The molecule has 3 heterocycles. The quantitative estimate of drug-likeness (QED) is 0.544. The van der Waals surface area contributed by atoms with Crippen LogP contribution in [0.1, 0.15) is 19.3 Å². The standard InChI is InChI=1S/C17H18N8OS/c18-14(26)5-6-25-9-10(7-20-25)13-8-19-12-3-4-15(23-16(12)22-13)24-17(27)21-11-1-2-11/h3-4,7-9,11H,1-2,5-6H2,(H2,18,26)(H2,21,22,23,24,27). The van der Waals surface area contributed by atoms with Gasteiger partial charge in [-0.3, -0.25) is 14.5 Å². The summed E-state index contributed by atoms with van der Waals surface area (Å²) in [6.45, 7) is 0.425. The third kappa shape index (κ3) is 4.34. The molecule has 10 heteroatoms. The number of hydrogen-bond acceptors (Lipinski definition) is 6. The van der Waals surface area contributed by atoms with Crippen LogP contribution in [0.2, 0.25) is 0 Å². The Kier molecular flexibility index (Phi) is 4.63. The monoisotopic (exact) mass is 382 g/mol. The van der Waals surface area contributed by atoms with Crippen LogP contribution in [0.4, 0.5) is 5.82 Å². The molecule has 0 aromatic carbocycles. The van der Waals surface area contributed by atoms with Crippen molar-refractivity contribution >= 4 is 40.2 Å². The molecule has 3 aromatic heterocycles. The Labute approximate surface area is 160 Å². The number of carbonyl (C=O) groups is 1. The molecule has 1 saturated carbocycles. The van der Waals surface area contributed by atoms with Crippen molar-refractivity contribution in [1.82, 2.24) is 30.0 Å². The summed E-state index contributed by atoms with van der Waals surface area (Å²) in [6, 6.07) is 4.14. The fraction of sp³-hybridized carbons (Fsp3) is 0.294. The highest BCUT2D eigenvalue weighted by Crippen LogP contribution is 2.20. The number of nitrogens with one attached hydrogen (secondary N) is 2. The van der Waals surface area contributed by atoms with E-state index in [4.69, 9.17) is 18.0 Å². The van der Waals surface area contributed by atoms with Crippen LogP contribution in [0.5, 0.6) is 0 Å². The molecule has 1 aliphatic carbocycles. The van der Waals surface area contributed by atoms with Gasteiger partial charge in [-0.15, -0.1) is 0 Å². The molecule has 0 bridgehead atoms. The fourth-order valence-corrected chi connectivity index (χ4v) is 2.79. The minimum Gasteiger partial charge on any atom is -0.370 e. The van der Waals surface area contributed by atoms with Gasteiger partial charge >= 0.3 is 0 Å². The van der Waals surface area contributed by atoms with Crippen molar-refractivity contribution in [1.29, 1.82) is 0 Å². The Morgan fingerprint density at radius 1 is 1.30 bits per heavy atom. The van der Waals surface area contributed by atoms with E-state index < -0.39 is 0 Å². The van der Waals surface area contributed by atoms with Crippen molar-refractivity contribution in [2.24, 2.45) is 5.73 Å². The zero-order valence-electron chi connectivity index (χ0n) is 14.4. The molecule has 4 rings (SSSR count).